The molecule has 2 nitrogen and oxygen atoms in total. The molecule has 12 heavy (non-hydrogen) atoms. The van der Waals surface area contributed by atoms with Crippen molar-refractivity contribution in [2.24, 2.45) is 0 Å². The quantitative estimate of drug-likeness (QED) is 0.686. The van der Waals surface area contributed by atoms with E-state index in [9.17, 15) is 0 Å². The van der Waals surface area contributed by atoms with Crippen LogP contribution in [0.5, 0.6) is 0 Å². The van der Waals surface area contributed by atoms with Gasteiger partial charge in [0.2, 0.25) is 0 Å². The Hall–Kier alpha value is 0.290. The molecule has 0 amide bonds. The number of aromatic nitrogens is 2. The molecule has 0 radical (unpaired) electrons. The van der Waals surface area contributed by atoms with Crippen LogP contribution in [0.2, 0.25) is 5.02 Å². The van der Waals surface area contributed by atoms with Crippen LogP contribution in [0.25, 0.3) is 10.2 Å². The summed E-state index contributed by atoms with van der Waals surface area (Å²) in [5, 5.41) is 4.59. The lowest BCUT2D eigenvalue weighted by atomic mass is 10.3. The summed E-state index contributed by atoms with van der Waals surface area (Å²) in [6, 6.07) is 1.83. The van der Waals surface area contributed by atoms with Gasteiger partial charge in [-0.25, -0.2) is 0 Å². The first kappa shape index (κ1) is 8.87. The van der Waals surface area contributed by atoms with Gasteiger partial charge < -0.3 is 0 Å². The molecule has 62 valence electrons. The number of hydrogen-bond acceptors (Lipinski definition) is 3. The molecule has 1 aromatic heterocycles. The van der Waals surface area contributed by atoms with Crippen LogP contribution >= 0.6 is 55.0 Å². The van der Waals surface area contributed by atoms with Crippen molar-refractivity contribution in [3.05, 3.63) is 20.0 Å². The number of rotatable bonds is 0. The molecule has 0 atom stereocenters. The highest BCUT2D eigenvalue weighted by Gasteiger charge is 2.10. The Morgan fingerprint density at radius 2 is 2.17 bits per heavy atom. The standard InChI is InChI=1S/C6HBr2ClN2S/c7-2-1-3(9)4(8)5-6(2)12-11-10-5/h1H. The third kappa shape index (κ3) is 1.28. The summed E-state index contributed by atoms with van der Waals surface area (Å²) >= 11 is 14.0. The fourth-order valence-corrected chi connectivity index (χ4v) is 2.91. The molecule has 0 fully saturated rings. The predicted molar refractivity (Wildman–Crippen MR) is 57.8 cm³/mol. The minimum absolute atomic E-state index is 0.641. The maximum Gasteiger partial charge on any atom is 0.122 e. The highest BCUT2D eigenvalue weighted by atomic mass is 79.9. The third-order valence-corrected chi connectivity index (χ3v) is 4.35. The van der Waals surface area contributed by atoms with Crippen LogP contribution < -0.4 is 0 Å². The van der Waals surface area contributed by atoms with Crippen LogP contribution in [0.3, 0.4) is 0 Å². The molecule has 0 bridgehead atoms. The summed E-state index contributed by atoms with van der Waals surface area (Å²) in [7, 11) is 0. The first-order valence-electron chi connectivity index (χ1n) is 2.95. The van der Waals surface area contributed by atoms with E-state index in [1.54, 1.807) is 0 Å². The topological polar surface area (TPSA) is 25.8 Å². The third-order valence-electron chi connectivity index (χ3n) is 1.38. The summed E-state index contributed by atoms with van der Waals surface area (Å²) in [5.74, 6) is 0. The van der Waals surface area contributed by atoms with Gasteiger partial charge in [-0.05, 0) is 49.5 Å². The number of fused-ring (bicyclic) bond motifs is 1. The van der Waals surface area contributed by atoms with E-state index >= 15 is 0 Å². The van der Waals surface area contributed by atoms with E-state index in [2.05, 4.69) is 41.4 Å². The van der Waals surface area contributed by atoms with Crippen molar-refractivity contribution in [3.63, 3.8) is 0 Å². The van der Waals surface area contributed by atoms with Crippen molar-refractivity contribution in [1.29, 1.82) is 0 Å². The van der Waals surface area contributed by atoms with Crippen molar-refractivity contribution < 1.29 is 0 Å². The Balaban J connectivity index is 2.97. The molecule has 0 spiro atoms. The largest absolute Gasteiger partial charge is 0.137 e. The lowest BCUT2D eigenvalue weighted by Crippen LogP contribution is -1.75. The van der Waals surface area contributed by atoms with Crippen molar-refractivity contribution in [2.45, 2.75) is 0 Å². The van der Waals surface area contributed by atoms with Gasteiger partial charge in [-0.2, -0.15) is 0 Å². The maximum atomic E-state index is 5.91. The minimum Gasteiger partial charge on any atom is -0.137 e. The maximum absolute atomic E-state index is 5.91. The fourth-order valence-electron chi connectivity index (χ4n) is 0.844. The van der Waals surface area contributed by atoms with E-state index < -0.39 is 0 Å². The molecule has 0 aliphatic carbocycles. The van der Waals surface area contributed by atoms with Crippen molar-refractivity contribution in [1.82, 2.24) is 9.59 Å². The molecule has 2 aromatic rings. The SMILES string of the molecule is Clc1cc(Br)c2snnc2c1Br. The van der Waals surface area contributed by atoms with E-state index in [0.29, 0.717) is 5.02 Å². The Bertz CT molecular complexity index is 442. The summed E-state index contributed by atoms with van der Waals surface area (Å²) in [6.07, 6.45) is 0. The van der Waals surface area contributed by atoms with Gasteiger partial charge in [0.25, 0.3) is 0 Å². The first-order chi connectivity index (χ1) is 5.70. The molecule has 6 heteroatoms. The highest BCUT2D eigenvalue weighted by molar-refractivity contribution is 9.11. The Labute approximate surface area is 94.3 Å². The average molecular weight is 328 g/mol. The number of benzene rings is 1. The monoisotopic (exact) mass is 326 g/mol. The second-order valence-corrected chi connectivity index (χ2v) is 4.91. The summed E-state index contributed by atoms with van der Waals surface area (Å²) in [5.41, 5.74) is 0.805. The molecule has 1 heterocycles. The minimum atomic E-state index is 0.641. The fraction of sp³-hybridized carbons (Fsp3) is 0. The second-order valence-electron chi connectivity index (χ2n) is 2.10. The molecule has 0 N–H and O–H groups in total. The number of nitrogens with zero attached hydrogens (tertiary/aromatic N) is 2. The van der Waals surface area contributed by atoms with Crippen LogP contribution in [-0.4, -0.2) is 9.59 Å². The zero-order chi connectivity index (χ0) is 8.72. The van der Waals surface area contributed by atoms with Gasteiger partial charge >= 0.3 is 0 Å². The molecular weight excluding hydrogens is 327 g/mol. The van der Waals surface area contributed by atoms with E-state index in [0.717, 1.165) is 19.2 Å². The lowest BCUT2D eigenvalue weighted by molar-refractivity contribution is 1.19. The van der Waals surface area contributed by atoms with E-state index in [1.807, 2.05) is 6.07 Å². The van der Waals surface area contributed by atoms with Crippen molar-refractivity contribution >= 4 is 65.2 Å². The number of halogens is 3. The summed E-state index contributed by atoms with van der Waals surface area (Å²) in [6.45, 7) is 0. The van der Waals surface area contributed by atoms with Gasteiger partial charge in [0.05, 0.1) is 14.2 Å². The smallest absolute Gasteiger partial charge is 0.122 e. The molecule has 1 aromatic carbocycles. The molecule has 0 saturated carbocycles. The molecular formula is C6HBr2ClN2S. The summed E-state index contributed by atoms with van der Waals surface area (Å²) in [4.78, 5) is 0. The van der Waals surface area contributed by atoms with Gasteiger partial charge in [0.1, 0.15) is 5.52 Å². The highest BCUT2D eigenvalue weighted by Crippen LogP contribution is 2.36. The van der Waals surface area contributed by atoms with Crippen molar-refractivity contribution in [3.8, 4) is 0 Å². The van der Waals surface area contributed by atoms with Crippen LogP contribution in [-0.2, 0) is 0 Å². The van der Waals surface area contributed by atoms with E-state index in [-0.39, 0.29) is 0 Å². The normalized spacial score (nSPS) is 10.9. The van der Waals surface area contributed by atoms with E-state index in [1.165, 1.54) is 11.5 Å². The van der Waals surface area contributed by atoms with Gasteiger partial charge in [-0.15, -0.1) is 5.10 Å². The zero-order valence-electron chi connectivity index (χ0n) is 5.51. The van der Waals surface area contributed by atoms with Gasteiger partial charge in [-0.3, -0.25) is 0 Å². The number of hydrogen-bond donors (Lipinski definition) is 0. The Morgan fingerprint density at radius 3 is 2.92 bits per heavy atom. The van der Waals surface area contributed by atoms with Gasteiger partial charge in [-0.1, -0.05) is 16.1 Å². The van der Waals surface area contributed by atoms with Gasteiger partial charge in [0, 0.05) is 4.47 Å². The molecule has 2 rings (SSSR count). The molecule has 0 unspecified atom stereocenters. The lowest BCUT2D eigenvalue weighted by Gasteiger charge is -1.97. The molecule has 0 aliphatic rings. The molecule has 0 aliphatic heterocycles. The van der Waals surface area contributed by atoms with Crippen LogP contribution in [0.4, 0.5) is 0 Å². The van der Waals surface area contributed by atoms with Crippen LogP contribution in [0.15, 0.2) is 15.0 Å². The summed E-state index contributed by atoms with van der Waals surface area (Å²) < 4.78 is 6.58. The second kappa shape index (κ2) is 3.21. The molecule has 0 saturated heterocycles. The zero-order valence-corrected chi connectivity index (χ0v) is 10.3. The predicted octanol–water partition coefficient (Wildman–Crippen LogP) is 3.87. The van der Waals surface area contributed by atoms with E-state index in [4.69, 9.17) is 11.6 Å². The Morgan fingerprint density at radius 1 is 1.42 bits per heavy atom. The van der Waals surface area contributed by atoms with Crippen LogP contribution in [0, 0.1) is 0 Å². The van der Waals surface area contributed by atoms with Crippen molar-refractivity contribution in [2.75, 3.05) is 0 Å². The average Bonchev–Trinajstić information content (AvgIpc) is 2.48. The first-order valence-corrected chi connectivity index (χ1v) is 5.69. The van der Waals surface area contributed by atoms with Gasteiger partial charge in [0.15, 0.2) is 0 Å². The Kier molecular flexibility index (Phi) is 2.37. The van der Waals surface area contributed by atoms with Crippen LogP contribution in [0.1, 0.15) is 0 Å².